The summed E-state index contributed by atoms with van der Waals surface area (Å²) in [6.45, 7) is 0. The van der Waals surface area contributed by atoms with Crippen LogP contribution in [0.5, 0.6) is 0 Å². The molecule has 5 heteroatoms. The van der Waals surface area contributed by atoms with Gasteiger partial charge >= 0.3 is 5.97 Å². The van der Waals surface area contributed by atoms with Gasteiger partial charge in [-0.1, -0.05) is 0 Å². The monoisotopic (exact) mass is 182 g/mol. The van der Waals surface area contributed by atoms with Gasteiger partial charge in [0.25, 0.3) is 0 Å². The first-order chi connectivity index (χ1) is 6.24. The molecule has 1 N–H and O–H groups in total. The summed E-state index contributed by atoms with van der Waals surface area (Å²) in [6.07, 6.45) is 3.50. The topological polar surface area (TPSA) is 72.3 Å². The third kappa shape index (κ3) is 2.79. The highest BCUT2D eigenvalue weighted by atomic mass is 16.5. The lowest BCUT2D eigenvalue weighted by molar-refractivity contribution is -0.150. The van der Waals surface area contributed by atoms with Crippen LogP contribution in [0, 0.1) is 0 Å². The van der Waals surface area contributed by atoms with Crippen LogP contribution in [-0.4, -0.2) is 34.3 Å². The van der Waals surface area contributed by atoms with Crippen molar-refractivity contribution >= 4 is 5.97 Å². The lowest BCUT2D eigenvalue weighted by Gasteiger charge is -2.06. The largest absolute Gasteiger partial charge is 0.467 e. The van der Waals surface area contributed by atoms with Crippen molar-refractivity contribution < 1.29 is 14.6 Å². The molecular formula is C8H10N2O3. The first kappa shape index (κ1) is 9.60. The zero-order valence-electron chi connectivity index (χ0n) is 7.17. The van der Waals surface area contributed by atoms with Crippen LogP contribution in [0.3, 0.4) is 0 Å². The summed E-state index contributed by atoms with van der Waals surface area (Å²) in [5.74, 6) is -0.649. The van der Waals surface area contributed by atoms with Gasteiger partial charge in [-0.2, -0.15) is 0 Å². The molecule has 70 valence electrons. The summed E-state index contributed by atoms with van der Waals surface area (Å²) in [5.41, 5.74) is 0.695. The summed E-state index contributed by atoms with van der Waals surface area (Å²) >= 11 is 0. The summed E-state index contributed by atoms with van der Waals surface area (Å²) < 4.78 is 4.35. The van der Waals surface area contributed by atoms with E-state index >= 15 is 0 Å². The van der Waals surface area contributed by atoms with Crippen molar-refractivity contribution in [2.75, 3.05) is 7.11 Å². The normalized spacial score (nSPS) is 12.2. The molecule has 0 spiro atoms. The van der Waals surface area contributed by atoms with Gasteiger partial charge in [0.05, 0.1) is 7.11 Å². The van der Waals surface area contributed by atoms with Crippen LogP contribution in [0.1, 0.15) is 5.56 Å². The van der Waals surface area contributed by atoms with E-state index in [0.29, 0.717) is 5.56 Å². The maximum Gasteiger partial charge on any atom is 0.335 e. The second-order valence-electron chi connectivity index (χ2n) is 2.49. The molecule has 1 unspecified atom stereocenters. The second-order valence-corrected chi connectivity index (χ2v) is 2.49. The van der Waals surface area contributed by atoms with Gasteiger partial charge in [-0.25, -0.2) is 14.8 Å². The SMILES string of the molecule is COC(=O)C(O)Cc1cncnc1. The van der Waals surface area contributed by atoms with Crippen LogP contribution in [0.15, 0.2) is 18.7 Å². The van der Waals surface area contributed by atoms with Gasteiger partial charge in [0.15, 0.2) is 6.10 Å². The Bertz CT molecular complexity index is 276. The molecule has 1 aromatic heterocycles. The number of hydrogen-bond donors (Lipinski definition) is 1. The van der Waals surface area contributed by atoms with Crippen molar-refractivity contribution in [1.82, 2.24) is 9.97 Å². The molecule has 0 saturated heterocycles. The summed E-state index contributed by atoms with van der Waals surface area (Å²) in [6, 6.07) is 0. The highest BCUT2D eigenvalue weighted by molar-refractivity contribution is 5.74. The van der Waals surface area contributed by atoms with Crippen LogP contribution in [0.2, 0.25) is 0 Å². The van der Waals surface area contributed by atoms with Crippen LogP contribution in [0.25, 0.3) is 0 Å². The molecule has 1 rings (SSSR count). The molecule has 0 aliphatic heterocycles. The molecule has 0 saturated carbocycles. The van der Waals surface area contributed by atoms with Gasteiger partial charge < -0.3 is 9.84 Å². The number of carbonyl (C=O) groups is 1. The lowest BCUT2D eigenvalue weighted by atomic mass is 10.1. The molecule has 0 bridgehead atoms. The number of aliphatic hydroxyl groups is 1. The highest BCUT2D eigenvalue weighted by Crippen LogP contribution is 2.00. The van der Waals surface area contributed by atoms with E-state index in [1.165, 1.54) is 13.4 Å². The van der Waals surface area contributed by atoms with E-state index in [4.69, 9.17) is 0 Å². The van der Waals surface area contributed by atoms with Gasteiger partial charge in [0.1, 0.15) is 6.33 Å². The summed E-state index contributed by atoms with van der Waals surface area (Å²) in [7, 11) is 1.23. The Kier molecular flexibility index (Phi) is 3.33. The van der Waals surface area contributed by atoms with Gasteiger partial charge in [0, 0.05) is 18.8 Å². The van der Waals surface area contributed by atoms with Crippen LogP contribution < -0.4 is 0 Å². The van der Waals surface area contributed by atoms with Gasteiger partial charge in [-0.15, -0.1) is 0 Å². The van der Waals surface area contributed by atoms with E-state index in [-0.39, 0.29) is 6.42 Å². The average Bonchev–Trinajstić information content (AvgIpc) is 2.18. The van der Waals surface area contributed by atoms with Crippen molar-refractivity contribution in [1.29, 1.82) is 0 Å². The number of nitrogens with zero attached hydrogens (tertiary/aromatic N) is 2. The van der Waals surface area contributed by atoms with Crippen molar-refractivity contribution in [3.8, 4) is 0 Å². The van der Waals surface area contributed by atoms with Gasteiger partial charge in [0.2, 0.25) is 0 Å². The van der Waals surface area contributed by atoms with E-state index in [2.05, 4.69) is 14.7 Å². The zero-order chi connectivity index (χ0) is 9.68. The molecule has 0 radical (unpaired) electrons. The number of aromatic nitrogens is 2. The van der Waals surface area contributed by atoms with Crippen molar-refractivity contribution in [3.05, 3.63) is 24.3 Å². The Balaban J connectivity index is 2.55. The van der Waals surface area contributed by atoms with E-state index in [1.807, 2.05) is 0 Å². The fraction of sp³-hybridized carbons (Fsp3) is 0.375. The smallest absolute Gasteiger partial charge is 0.335 e. The maximum absolute atomic E-state index is 10.8. The molecule has 1 atom stereocenters. The fourth-order valence-corrected chi connectivity index (χ4v) is 0.878. The molecule has 0 fully saturated rings. The number of methoxy groups -OCH3 is 1. The molecule has 1 heterocycles. The lowest BCUT2D eigenvalue weighted by Crippen LogP contribution is -2.24. The van der Waals surface area contributed by atoms with Crippen LogP contribution in [-0.2, 0) is 16.0 Å². The van der Waals surface area contributed by atoms with E-state index in [9.17, 15) is 9.90 Å². The molecule has 1 aromatic rings. The third-order valence-electron chi connectivity index (χ3n) is 1.52. The number of carbonyl (C=O) groups excluding carboxylic acids is 1. The van der Waals surface area contributed by atoms with E-state index in [1.54, 1.807) is 12.4 Å². The van der Waals surface area contributed by atoms with Gasteiger partial charge in [-0.3, -0.25) is 0 Å². The van der Waals surface area contributed by atoms with Crippen molar-refractivity contribution in [2.24, 2.45) is 0 Å². The Morgan fingerprint density at radius 2 is 2.23 bits per heavy atom. The minimum Gasteiger partial charge on any atom is -0.467 e. The Morgan fingerprint density at radius 1 is 1.62 bits per heavy atom. The molecule has 0 aliphatic carbocycles. The molecule has 0 aromatic carbocycles. The van der Waals surface area contributed by atoms with E-state index < -0.39 is 12.1 Å². The molecule has 5 nitrogen and oxygen atoms in total. The van der Waals surface area contributed by atoms with Crippen molar-refractivity contribution in [3.63, 3.8) is 0 Å². The van der Waals surface area contributed by atoms with Crippen LogP contribution >= 0.6 is 0 Å². The predicted octanol–water partition coefficient (Wildman–Crippen LogP) is -0.447. The molecule has 0 aliphatic rings. The highest BCUT2D eigenvalue weighted by Gasteiger charge is 2.15. The first-order valence-electron chi connectivity index (χ1n) is 3.74. The summed E-state index contributed by atoms with van der Waals surface area (Å²) in [5, 5.41) is 9.24. The Morgan fingerprint density at radius 3 is 2.77 bits per heavy atom. The minimum atomic E-state index is -1.14. The van der Waals surface area contributed by atoms with E-state index in [0.717, 1.165) is 0 Å². The third-order valence-corrected chi connectivity index (χ3v) is 1.52. The number of ether oxygens (including phenoxy) is 1. The standard InChI is InChI=1S/C8H10N2O3/c1-13-8(12)7(11)2-6-3-9-5-10-4-6/h3-5,7,11H,2H2,1H3. The maximum atomic E-state index is 10.8. The number of esters is 1. The number of aliphatic hydroxyl groups excluding tert-OH is 1. The average molecular weight is 182 g/mol. The minimum absolute atomic E-state index is 0.174. The Hall–Kier alpha value is -1.49. The second kappa shape index (κ2) is 4.51. The Labute approximate surface area is 75.4 Å². The number of hydrogen-bond acceptors (Lipinski definition) is 5. The van der Waals surface area contributed by atoms with Crippen LogP contribution in [0.4, 0.5) is 0 Å². The number of rotatable bonds is 3. The van der Waals surface area contributed by atoms with Gasteiger partial charge in [-0.05, 0) is 5.56 Å². The molecule has 13 heavy (non-hydrogen) atoms. The summed E-state index contributed by atoms with van der Waals surface area (Å²) in [4.78, 5) is 18.3. The fourth-order valence-electron chi connectivity index (χ4n) is 0.878. The molecule has 0 amide bonds. The quantitative estimate of drug-likeness (QED) is 0.641. The predicted molar refractivity (Wildman–Crippen MR) is 43.8 cm³/mol. The zero-order valence-corrected chi connectivity index (χ0v) is 7.17. The first-order valence-corrected chi connectivity index (χ1v) is 3.74. The van der Waals surface area contributed by atoms with Crippen molar-refractivity contribution in [2.45, 2.75) is 12.5 Å². The molecular weight excluding hydrogens is 172 g/mol.